The molecule has 1 fully saturated rings. The lowest BCUT2D eigenvalue weighted by Gasteiger charge is -2.02. The number of sulfone groups is 1. The second-order valence-corrected chi connectivity index (χ2v) is 7.20. The maximum Gasteiger partial charge on any atom is 0.234 e. The van der Waals surface area contributed by atoms with Gasteiger partial charge in [-0.25, -0.2) is 8.42 Å². The average Bonchev–Trinajstić information content (AvgIpc) is 3.00. The van der Waals surface area contributed by atoms with Gasteiger partial charge in [0, 0.05) is 18.7 Å². The van der Waals surface area contributed by atoms with Crippen LogP contribution in [-0.2, 0) is 16.3 Å². The van der Waals surface area contributed by atoms with E-state index in [0.29, 0.717) is 18.4 Å². The summed E-state index contributed by atoms with van der Waals surface area (Å²) in [5.41, 5.74) is 0. The van der Waals surface area contributed by atoms with Crippen molar-refractivity contribution in [1.29, 1.82) is 0 Å². The summed E-state index contributed by atoms with van der Waals surface area (Å²) in [7, 11) is -3.18. The van der Waals surface area contributed by atoms with Crippen molar-refractivity contribution in [3.63, 3.8) is 0 Å². The highest BCUT2D eigenvalue weighted by Crippen LogP contribution is 2.20. The minimum absolute atomic E-state index is 0.183. The molecule has 1 aromatic heterocycles. The van der Waals surface area contributed by atoms with Crippen LogP contribution in [-0.4, -0.2) is 37.5 Å². The van der Waals surface area contributed by atoms with Crippen molar-refractivity contribution in [1.82, 2.24) is 15.5 Å². The lowest BCUT2D eigenvalue weighted by atomic mass is 10.3. The van der Waals surface area contributed by atoms with Gasteiger partial charge in [-0.2, -0.15) is 0 Å². The van der Waals surface area contributed by atoms with Crippen LogP contribution in [0.1, 0.15) is 43.2 Å². The summed E-state index contributed by atoms with van der Waals surface area (Å²) >= 11 is 0. The van der Waals surface area contributed by atoms with Crippen molar-refractivity contribution in [2.24, 2.45) is 0 Å². The van der Waals surface area contributed by atoms with Gasteiger partial charge in [0.15, 0.2) is 9.84 Å². The molecule has 1 aliphatic carbocycles. The molecule has 0 amide bonds. The molecule has 0 spiro atoms. The molecule has 7 heteroatoms. The Hall–Kier alpha value is -0.950. The van der Waals surface area contributed by atoms with Crippen molar-refractivity contribution in [2.45, 2.75) is 43.9 Å². The van der Waals surface area contributed by atoms with Gasteiger partial charge in [0.1, 0.15) is 5.25 Å². The van der Waals surface area contributed by atoms with E-state index in [-0.39, 0.29) is 5.89 Å². The molecular weight excluding hydrogens is 254 g/mol. The molecule has 1 heterocycles. The van der Waals surface area contributed by atoms with E-state index in [1.54, 1.807) is 6.92 Å². The normalized spacial score (nSPS) is 17.9. The number of nitrogens with zero attached hydrogens (tertiary/aromatic N) is 2. The third kappa shape index (κ3) is 3.78. The predicted molar refractivity (Wildman–Crippen MR) is 66.9 cm³/mol. The number of rotatable bonds is 7. The van der Waals surface area contributed by atoms with Gasteiger partial charge in [0.05, 0.1) is 0 Å². The van der Waals surface area contributed by atoms with E-state index in [0.717, 1.165) is 13.0 Å². The van der Waals surface area contributed by atoms with Crippen LogP contribution >= 0.6 is 0 Å². The first-order valence-electron chi connectivity index (χ1n) is 6.21. The molecule has 18 heavy (non-hydrogen) atoms. The van der Waals surface area contributed by atoms with E-state index in [1.165, 1.54) is 19.1 Å². The zero-order chi connectivity index (χ0) is 13.2. The first-order chi connectivity index (χ1) is 8.47. The van der Waals surface area contributed by atoms with Crippen LogP contribution in [0.2, 0.25) is 0 Å². The largest absolute Gasteiger partial charge is 0.424 e. The Kier molecular flexibility index (Phi) is 4.01. The van der Waals surface area contributed by atoms with Gasteiger partial charge in [-0.15, -0.1) is 10.2 Å². The molecule has 1 unspecified atom stereocenters. The molecule has 0 aliphatic heterocycles. The van der Waals surface area contributed by atoms with Gasteiger partial charge in [-0.1, -0.05) is 0 Å². The Balaban J connectivity index is 1.81. The summed E-state index contributed by atoms with van der Waals surface area (Å²) in [6.45, 7) is 2.49. The summed E-state index contributed by atoms with van der Waals surface area (Å²) in [5.74, 6) is 0.695. The van der Waals surface area contributed by atoms with Crippen LogP contribution < -0.4 is 5.32 Å². The van der Waals surface area contributed by atoms with Crippen LogP contribution in [0.25, 0.3) is 0 Å². The van der Waals surface area contributed by atoms with E-state index in [9.17, 15) is 8.42 Å². The van der Waals surface area contributed by atoms with Gasteiger partial charge >= 0.3 is 0 Å². The zero-order valence-corrected chi connectivity index (χ0v) is 11.5. The highest BCUT2D eigenvalue weighted by molar-refractivity contribution is 7.90. The van der Waals surface area contributed by atoms with Gasteiger partial charge in [0.2, 0.25) is 11.8 Å². The Labute approximate surface area is 107 Å². The van der Waals surface area contributed by atoms with Crippen molar-refractivity contribution in [3.8, 4) is 0 Å². The van der Waals surface area contributed by atoms with Crippen molar-refractivity contribution in [3.05, 3.63) is 11.8 Å². The smallest absolute Gasteiger partial charge is 0.234 e. The minimum atomic E-state index is -3.18. The van der Waals surface area contributed by atoms with Crippen molar-refractivity contribution < 1.29 is 12.8 Å². The summed E-state index contributed by atoms with van der Waals surface area (Å²) in [5, 5.41) is 10.3. The van der Waals surface area contributed by atoms with E-state index in [1.807, 2.05) is 0 Å². The van der Waals surface area contributed by atoms with Crippen LogP contribution in [0.15, 0.2) is 4.42 Å². The number of aryl methyl sites for hydroxylation is 1. The molecule has 1 aromatic rings. The molecular formula is C11H19N3O3S. The summed E-state index contributed by atoms with van der Waals surface area (Å²) in [4.78, 5) is 0. The fourth-order valence-corrected chi connectivity index (χ4v) is 2.01. The van der Waals surface area contributed by atoms with Gasteiger partial charge in [-0.05, 0) is 32.7 Å². The Bertz CT molecular complexity index is 493. The van der Waals surface area contributed by atoms with Gasteiger partial charge in [-0.3, -0.25) is 0 Å². The SMILES string of the molecule is CC(c1nnc(CCCNC2CC2)o1)S(C)(=O)=O. The molecule has 0 saturated heterocycles. The first-order valence-corrected chi connectivity index (χ1v) is 8.17. The van der Waals surface area contributed by atoms with Crippen LogP contribution in [0.3, 0.4) is 0 Å². The van der Waals surface area contributed by atoms with Gasteiger partial charge < -0.3 is 9.73 Å². The molecule has 102 valence electrons. The van der Waals surface area contributed by atoms with Gasteiger partial charge in [0.25, 0.3) is 0 Å². The molecule has 1 aliphatic rings. The molecule has 1 saturated carbocycles. The third-order valence-corrected chi connectivity index (χ3v) is 4.54. The van der Waals surface area contributed by atoms with E-state index in [4.69, 9.17) is 4.42 Å². The van der Waals surface area contributed by atoms with Crippen molar-refractivity contribution in [2.75, 3.05) is 12.8 Å². The van der Waals surface area contributed by atoms with E-state index >= 15 is 0 Å². The topological polar surface area (TPSA) is 85.1 Å². The monoisotopic (exact) mass is 273 g/mol. The van der Waals surface area contributed by atoms with E-state index in [2.05, 4.69) is 15.5 Å². The zero-order valence-electron chi connectivity index (χ0n) is 10.7. The summed E-state index contributed by atoms with van der Waals surface area (Å²) in [6.07, 6.45) is 5.32. The average molecular weight is 273 g/mol. The number of aromatic nitrogens is 2. The fraction of sp³-hybridized carbons (Fsp3) is 0.818. The highest BCUT2D eigenvalue weighted by Gasteiger charge is 2.23. The lowest BCUT2D eigenvalue weighted by Crippen LogP contribution is -2.17. The molecule has 0 bridgehead atoms. The Morgan fingerprint density at radius 1 is 1.44 bits per heavy atom. The summed E-state index contributed by atoms with van der Waals surface area (Å²) in [6, 6.07) is 0.702. The molecule has 0 aromatic carbocycles. The maximum absolute atomic E-state index is 11.3. The lowest BCUT2D eigenvalue weighted by molar-refractivity contribution is 0.438. The quantitative estimate of drug-likeness (QED) is 0.742. The minimum Gasteiger partial charge on any atom is -0.424 e. The number of hydrogen-bond donors (Lipinski definition) is 1. The predicted octanol–water partition coefficient (Wildman–Crippen LogP) is 0.860. The fourth-order valence-electron chi connectivity index (χ4n) is 1.55. The van der Waals surface area contributed by atoms with Crippen LogP contribution in [0.5, 0.6) is 0 Å². The molecule has 6 nitrogen and oxygen atoms in total. The number of nitrogens with one attached hydrogen (secondary N) is 1. The second kappa shape index (κ2) is 5.36. The molecule has 2 rings (SSSR count). The second-order valence-electron chi connectivity index (χ2n) is 4.84. The standard InChI is InChI=1S/C11H19N3O3S/c1-8(18(2,15)16)11-14-13-10(17-11)4-3-7-12-9-5-6-9/h8-9,12H,3-7H2,1-2H3. The third-order valence-electron chi connectivity index (χ3n) is 3.05. The Morgan fingerprint density at radius 3 is 2.78 bits per heavy atom. The highest BCUT2D eigenvalue weighted by atomic mass is 32.2. The molecule has 0 radical (unpaired) electrons. The summed E-state index contributed by atoms with van der Waals surface area (Å²) < 4.78 is 28.1. The van der Waals surface area contributed by atoms with E-state index < -0.39 is 15.1 Å². The van der Waals surface area contributed by atoms with Crippen molar-refractivity contribution >= 4 is 9.84 Å². The maximum atomic E-state index is 11.3. The Morgan fingerprint density at radius 2 is 2.17 bits per heavy atom. The van der Waals surface area contributed by atoms with Crippen LogP contribution in [0.4, 0.5) is 0 Å². The molecule has 1 atom stereocenters. The van der Waals surface area contributed by atoms with Crippen LogP contribution in [0, 0.1) is 0 Å². The number of hydrogen-bond acceptors (Lipinski definition) is 6. The first kappa shape index (κ1) is 13.5. The molecule has 1 N–H and O–H groups in total.